The second kappa shape index (κ2) is 5.19. The Labute approximate surface area is 120 Å². The van der Waals surface area contributed by atoms with Crippen LogP contribution in [0.4, 0.5) is 0 Å². The third-order valence-corrected chi connectivity index (χ3v) is 4.90. The van der Waals surface area contributed by atoms with Crippen molar-refractivity contribution >= 4 is 5.97 Å². The maximum Gasteiger partial charge on any atom is 0.321 e. The molecule has 108 valence electrons. The largest absolute Gasteiger partial charge is 0.480 e. The molecule has 2 aliphatic rings. The highest BCUT2D eigenvalue weighted by molar-refractivity contribution is 5.74. The number of likely N-dealkylation sites (N-methyl/N-ethyl adjacent to an activating group) is 1. The van der Waals surface area contributed by atoms with Crippen LogP contribution in [0.5, 0.6) is 0 Å². The number of likely N-dealkylation sites (tertiary alicyclic amines) is 1. The van der Waals surface area contributed by atoms with Crippen molar-refractivity contribution in [2.45, 2.75) is 44.4 Å². The van der Waals surface area contributed by atoms with Crippen molar-refractivity contribution in [2.75, 3.05) is 13.6 Å². The predicted octanol–water partition coefficient (Wildman–Crippen LogP) is 1.59. The van der Waals surface area contributed by atoms with Gasteiger partial charge in [0.25, 0.3) is 0 Å². The molecule has 1 saturated heterocycles. The number of carboxylic acid groups (broad SMARTS) is 1. The van der Waals surface area contributed by atoms with Crippen LogP contribution < -0.4 is 0 Å². The lowest BCUT2D eigenvalue weighted by atomic mass is 9.92. The van der Waals surface area contributed by atoms with Gasteiger partial charge in [0.1, 0.15) is 6.04 Å². The van der Waals surface area contributed by atoms with Gasteiger partial charge in [0.15, 0.2) is 0 Å². The van der Waals surface area contributed by atoms with Gasteiger partial charge in [-0.3, -0.25) is 9.69 Å². The summed E-state index contributed by atoms with van der Waals surface area (Å²) in [6, 6.07) is 8.74. The molecule has 1 N–H and O–H groups in total. The number of aliphatic carboxylic acids is 1. The summed E-state index contributed by atoms with van der Waals surface area (Å²) in [6.07, 6.45) is 1.68. The van der Waals surface area contributed by atoms with E-state index in [2.05, 4.69) is 35.9 Å². The minimum Gasteiger partial charge on any atom is -0.480 e. The molecule has 0 aromatic heterocycles. The summed E-state index contributed by atoms with van der Waals surface area (Å²) >= 11 is 0. The molecule has 1 fully saturated rings. The first-order valence-electron chi connectivity index (χ1n) is 7.32. The minimum atomic E-state index is -0.693. The summed E-state index contributed by atoms with van der Waals surface area (Å²) in [4.78, 5) is 16.2. The average molecular weight is 274 g/mol. The molecule has 3 rings (SSSR count). The molecular formula is C16H22N2O2. The van der Waals surface area contributed by atoms with E-state index >= 15 is 0 Å². The van der Waals surface area contributed by atoms with Gasteiger partial charge in [0.2, 0.25) is 0 Å². The maximum atomic E-state index is 11.6. The van der Waals surface area contributed by atoms with Crippen molar-refractivity contribution in [3.05, 3.63) is 35.4 Å². The molecule has 0 spiro atoms. The smallest absolute Gasteiger partial charge is 0.321 e. The lowest BCUT2D eigenvalue weighted by Crippen LogP contribution is -2.51. The topological polar surface area (TPSA) is 43.8 Å². The zero-order valence-electron chi connectivity index (χ0n) is 12.1. The molecule has 20 heavy (non-hydrogen) atoms. The number of carboxylic acids is 1. The fraction of sp³-hybridized carbons (Fsp3) is 0.562. The van der Waals surface area contributed by atoms with Gasteiger partial charge < -0.3 is 10.0 Å². The summed E-state index contributed by atoms with van der Waals surface area (Å²) in [5.74, 6) is -0.693. The van der Waals surface area contributed by atoms with E-state index in [1.54, 1.807) is 0 Å². The van der Waals surface area contributed by atoms with Crippen LogP contribution in [0.25, 0.3) is 0 Å². The van der Waals surface area contributed by atoms with E-state index in [1.165, 1.54) is 11.1 Å². The molecule has 0 bridgehead atoms. The fourth-order valence-corrected chi connectivity index (χ4v) is 3.56. The molecule has 4 nitrogen and oxygen atoms in total. The highest BCUT2D eigenvalue weighted by Gasteiger charge is 2.39. The number of nitrogens with zero attached hydrogens (tertiary/aromatic N) is 2. The molecule has 0 aliphatic carbocycles. The molecule has 1 aromatic carbocycles. The Bertz CT molecular complexity index is 507. The van der Waals surface area contributed by atoms with Crippen molar-refractivity contribution in [1.82, 2.24) is 9.80 Å². The van der Waals surface area contributed by atoms with Crippen molar-refractivity contribution in [2.24, 2.45) is 0 Å². The van der Waals surface area contributed by atoms with Crippen LogP contribution in [0.2, 0.25) is 0 Å². The predicted molar refractivity (Wildman–Crippen MR) is 77.6 cm³/mol. The highest BCUT2D eigenvalue weighted by Crippen LogP contribution is 2.30. The van der Waals surface area contributed by atoms with Gasteiger partial charge in [-0.1, -0.05) is 24.3 Å². The Morgan fingerprint density at radius 1 is 1.30 bits per heavy atom. The Kier molecular flexibility index (Phi) is 3.52. The van der Waals surface area contributed by atoms with Gasteiger partial charge in [-0.25, -0.2) is 0 Å². The lowest BCUT2D eigenvalue weighted by molar-refractivity contribution is -0.145. The summed E-state index contributed by atoms with van der Waals surface area (Å²) in [7, 11) is 2.12. The summed E-state index contributed by atoms with van der Waals surface area (Å²) in [6.45, 7) is 3.94. The van der Waals surface area contributed by atoms with Crippen molar-refractivity contribution < 1.29 is 9.90 Å². The first-order valence-corrected chi connectivity index (χ1v) is 7.32. The molecule has 3 unspecified atom stereocenters. The normalized spacial score (nSPS) is 31.2. The van der Waals surface area contributed by atoms with Crippen LogP contribution in [-0.4, -0.2) is 52.6 Å². The van der Waals surface area contributed by atoms with Crippen LogP contribution in [0.3, 0.4) is 0 Å². The molecule has 4 heteroatoms. The molecular weight excluding hydrogens is 252 g/mol. The van der Waals surface area contributed by atoms with Gasteiger partial charge in [0.05, 0.1) is 0 Å². The molecule has 0 saturated carbocycles. The quantitative estimate of drug-likeness (QED) is 0.889. The minimum absolute atomic E-state index is 0.351. The summed E-state index contributed by atoms with van der Waals surface area (Å²) in [5, 5.41) is 9.57. The van der Waals surface area contributed by atoms with Crippen LogP contribution in [0.15, 0.2) is 24.3 Å². The van der Waals surface area contributed by atoms with Gasteiger partial charge in [-0.05, 0) is 37.9 Å². The highest BCUT2D eigenvalue weighted by atomic mass is 16.4. The third kappa shape index (κ3) is 2.34. The molecule has 2 aliphatic heterocycles. The molecule has 0 amide bonds. The van der Waals surface area contributed by atoms with Crippen LogP contribution in [-0.2, 0) is 17.8 Å². The van der Waals surface area contributed by atoms with Crippen LogP contribution >= 0.6 is 0 Å². The summed E-state index contributed by atoms with van der Waals surface area (Å²) in [5.41, 5.74) is 2.47. The zero-order chi connectivity index (χ0) is 14.3. The second-order valence-electron chi connectivity index (χ2n) is 6.18. The third-order valence-electron chi connectivity index (χ3n) is 4.90. The van der Waals surface area contributed by atoms with Crippen molar-refractivity contribution in [3.8, 4) is 0 Å². The number of carbonyl (C=O) groups is 1. The Hall–Kier alpha value is -1.39. The van der Waals surface area contributed by atoms with E-state index in [-0.39, 0.29) is 6.04 Å². The number of rotatable bonds is 2. The number of fused-ring (bicyclic) bond motifs is 1. The van der Waals surface area contributed by atoms with Crippen molar-refractivity contribution in [1.29, 1.82) is 0 Å². The van der Waals surface area contributed by atoms with Gasteiger partial charge in [-0.2, -0.15) is 0 Å². The lowest BCUT2D eigenvalue weighted by Gasteiger charge is -2.38. The maximum absolute atomic E-state index is 11.6. The van der Waals surface area contributed by atoms with E-state index in [0.29, 0.717) is 18.5 Å². The van der Waals surface area contributed by atoms with E-state index in [1.807, 2.05) is 12.1 Å². The Balaban J connectivity index is 1.87. The Morgan fingerprint density at radius 2 is 2.00 bits per heavy atom. The molecule has 1 aromatic rings. The number of benzene rings is 1. The fourth-order valence-electron chi connectivity index (χ4n) is 3.56. The standard InChI is InChI=1S/C16H22N2O2/c1-11-7-14(10-17(11)2)18-9-13-6-4-3-5-12(13)8-15(18)16(19)20/h3-6,11,14-15H,7-10H2,1-2H3,(H,19,20). The summed E-state index contributed by atoms with van der Waals surface area (Å²) < 4.78 is 0. The van der Waals surface area contributed by atoms with Gasteiger partial charge in [-0.15, -0.1) is 0 Å². The Morgan fingerprint density at radius 3 is 2.60 bits per heavy atom. The van der Waals surface area contributed by atoms with E-state index in [4.69, 9.17) is 0 Å². The number of hydrogen-bond acceptors (Lipinski definition) is 3. The monoisotopic (exact) mass is 274 g/mol. The van der Waals surface area contributed by atoms with Crippen molar-refractivity contribution in [3.63, 3.8) is 0 Å². The molecule has 0 radical (unpaired) electrons. The SMILES string of the molecule is CC1CC(N2Cc3ccccc3CC2C(=O)O)CN1C. The van der Waals surface area contributed by atoms with Gasteiger partial charge in [0, 0.05) is 25.2 Å². The van der Waals surface area contributed by atoms with E-state index in [9.17, 15) is 9.90 Å². The van der Waals surface area contributed by atoms with Gasteiger partial charge >= 0.3 is 5.97 Å². The first kappa shape index (κ1) is 13.6. The first-order chi connectivity index (χ1) is 9.56. The molecule has 2 heterocycles. The zero-order valence-corrected chi connectivity index (χ0v) is 12.1. The average Bonchev–Trinajstić information content (AvgIpc) is 2.77. The second-order valence-corrected chi connectivity index (χ2v) is 6.18. The van der Waals surface area contributed by atoms with E-state index < -0.39 is 5.97 Å². The molecule has 3 atom stereocenters. The van der Waals surface area contributed by atoms with Crippen LogP contribution in [0, 0.1) is 0 Å². The number of hydrogen-bond donors (Lipinski definition) is 1. The van der Waals surface area contributed by atoms with E-state index in [0.717, 1.165) is 19.5 Å². The van der Waals surface area contributed by atoms with Crippen LogP contribution in [0.1, 0.15) is 24.5 Å².